The summed E-state index contributed by atoms with van der Waals surface area (Å²) in [5.41, 5.74) is 0.968. The molecule has 0 atom stereocenters. The summed E-state index contributed by atoms with van der Waals surface area (Å²) in [6.45, 7) is 0.469. The first-order chi connectivity index (χ1) is 10.2. The Bertz CT molecular complexity index is 585. The Morgan fingerprint density at radius 3 is 2.76 bits per heavy atom. The number of amides is 1. The minimum absolute atomic E-state index is 0.0139. The number of carbonyl (C=O) groups is 1. The second-order valence-electron chi connectivity index (χ2n) is 4.39. The molecule has 1 amide bonds. The monoisotopic (exact) mass is 306 g/mol. The number of nitrogens with zero attached hydrogens (tertiary/aromatic N) is 1. The van der Waals surface area contributed by atoms with E-state index in [4.69, 9.17) is 9.47 Å². The van der Waals surface area contributed by atoms with Crippen molar-refractivity contribution in [2.75, 3.05) is 14.2 Å². The fourth-order valence-electron chi connectivity index (χ4n) is 1.88. The zero-order valence-corrected chi connectivity index (χ0v) is 12.9. The number of carbonyl (C=O) groups excluding carboxylic acids is 1. The van der Waals surface area contributed by atoms with E-state index in [-0.39, 0.29) is 5.91 Å². The van der Waals surface area contributed by atoms with Gasteiger partial charge in [-0.25, -0.2) is 4.98 Å². The molecule has 2 rings (SSSR count). The first kappa shape index (κ1) is 15.3. The van der Waals surface area contributed by atoms with Gasteiger partial charge in [-0.1, -0.05) is 6.07 Å². The molecule has 6 heteroatoms. The molecule has 1 heterocycles. The van der Waals surface area contributed by atoms with Gasteiger partial charge in [-0.2, -0.15) is 0 Å². The number of hydrogen-bond donors (Lipinski definition) is 1. The number of aromatic nitrogens is 1. The van der Waals surface area contributed by atoms with Crippen molar-refractivity contribution in [2.45, 2.75) is 19.4 Å². The van der Waals surface area contributed by atoms with Crippen LogP contribution < -0.4 is 14.8 Å². The Morgan fingerprint density at radius 1 is 1.29 bits per heavy atom. The second-order valence-corrected chi connectivity index (χ2v) is 5.37. The van der Waals surface area contributed by atoms with Crippen molar-refractivity contribution in [3.63, 3.8) is 0 Å². The standard InChI is InChI=1S/C15H18N2O3S/c1-19-12-4-3-11(9-13(12)20-2)10-17-14(18)5-6-15-16-7-8-21-15/h3-4,7-9H,5-6,10H2,1-2H3,(H,17,18). The second kappa shape index (κ2) is 7.64. The average Bonchev–Trinajstić information content (AvgIpc) is 3.04. The number of benzene rings is 1. The summed E-state index contributed by atoms with van der Waals surface area (Å²) in [7, 11) is 3.19. The summed E-state index contributed by atoms with van der Waals surface area (Å²) < 4.78 is 10.4. The highest BCUT2D eigenvalue weighted by atomic mass is 32.1. The van der Waals surface area contributed by atoms with Crippen LogP contribution in [-0.2, 0) is 17.8 Å². The largest absolute Gasteiger partial charge is 0.493 e. The van der Waals surface area contributed by atoms with Crippen LogP contribution in [0.15, 0.2) is 29.8 Å². The summed E-state index contributed by atoms with van der Waals surface area (Å²) in [5, 5.41) is 5.79. The van der Waals surface area contributed by atoms with Crippen LogP contribution in [0.2, 0.25) is 0 Å². The summed E-state index contributed by atoms with van der Waals surface area (Å²) in [6.07, 6.45) is 2.87. The topological polar surface area (TPSA) is 60.5 Å². The number of nitrogens with one attached hydrogen (secondary N) is 1. The van der Waals surface area contributed by atoms with Gasteiger partial charge in [0, 0.05) is 31.0 Å². The fraction of sp³-hybridized carbons (Fsp3) is 0.333. The molecule has 0 aliphatic heterocycles. The lowest BCUT2D eigenvalue weighted by molar-refractivity contribution is -0.121. The Labute approximate surface area is 127 Å². The van der Waals surface area contributed by atoms with Gasteiger partial charge in [0.05, 0.1) is 19.2 Å². The first-order valence-corrected chi connectivity index (χ1v) is 7.47. The maximum Gasteiger partial charge on any atom is 0.220 e. The highest BCUT2D eigenvalue weighted by molar-refractivity contribution is 7.09. The van der Waals surface area contributed by atoms with Crippen molar-refractivity contribution < 1.29 is 14.3 Å². The minimum Gasteiger partial charge on any atom is -0.493 e. The van der Waals surface area contributed by atoms with Crippen molar-refractivity contribution >= 4 is 17.2 Å². The third kappa shape index (κ3) is 4.46. The molecule has 5 nitrogen and oxygen atoms in total. The maximum atomic E-state index is 11.8. The quantitative estimate of drug-likeness (QED) is 0.853. The van der Waals surface area contributed by atoms with Crippen LogP contribution in [0, 0.1) is 0 Å². The van der Waals surface area contributed by atoms with E-state index >= 15 is 0 Å². The Kier molecular flexibility index (Phi) is 5.57. The summed E-state index contributed by atoms with van der Waals surface area (Å²) >= 11 is 1.57. The zero-order valence-electron chi connectivity index (χ0n) is 12.1. The number of rotatable bonds is 7. The van der Waals surface area contributed by atoms with Gasteiger partial charge in [-0.05, 0) is 17.7 Å². The van der Waals surface area contributed by atoms with Crippen LogP contribution in [0.5, 0.6) is 11.5 Å². The lowest BCUT2D eigenvalue weighted by atomic mass is 10.2. The summed E-state index contributed by atoms with van der Waals surface area (Å²) in [6, 6.07) is 5.60. The molecular formula is C15H18N2O3S. The number of hydrogen-bond acceptors (Lipinski definition) is 5. The van der Waals surface area contributed by atoms with E-state index in [1.165, 1.54) is 0 Å². The van der Waals surface area contributed by atoms with Crippen molar-refractivity contribution in [3.8, 4) is 11.5 Å². The molecule has 1 N–H and O–H groups in total. The highest BCUT2D eigenvalue weighted by Crippen LogP contribution is 2.27. The zero-order chi connectivity index (χ0) is 15.1. The Balaban J connectivity index is 1.83. The minimum atomic E-state index is 0.0139. The molecule has 0 radical (unpaired) electrons. The van der Waals surface area contributed by atoms with Crippen LogP contribution >= 0.6 is 11.3 Å². The third-order valence-electron chi connectivity index (χ3n) is 2.99. The molecule has 112 valence electrons. The van der Waals surface area contributed by atoms with Crippen LogP contribution in [0.4, 0.5) is 0 Å². The predicted octanol–water partition coefficient (Wildman–Crippen LogP) is 2.41. The Morgan fingerprint density at radius 2 is 2.10 bits per heavy atom. The molecule has 0 saturated carbocycles. The SMILES string of the molecule is COc1ccc(CNC(=O)CCc2nccs2)cc1OC. The summed E-state index contributed by atoms with van der Waals surface area (Å²) in [5.74, 6) is 1.35. The first-order valence-electron chi connectivity index (χ1n) is 6.59. The van der Waals surface area contributed by atoms with Crippen LogP contribution in [0.25, 0.3) is 0 Å². The fourth-order valence-corrected chi connectivity index (χ4v) is 2.50. The summed E-state index contributed by atoms with van der Waals surface area (Å²) in [4.78, 5) is 16.0. The van der Waals surface area contributed by atoms with Crippen LogP contribution in [-0.4, -0.2) is 25.1 Å². The molecule has 0 aliphatic rings. The van der Waals surface area contributed by atoms with Gasteiger partial charge < -0.3 is 14.8 Å². The average molecular weight is 306 g/mol. The lowest BCUT2D eigenvalue weighted by Gasteiger charge is -2.10. The Hall–Kier alpha value is -2.08. The smallest absolute Gasteiger partial charge is 0.220 e. The van der Waals surface area contributed by atoms with E-state index in [0.717, 1.165) is 10.6 Å². The third-order valence-corrected chi connectivity index (χ3v) is 3.83. The van der Waals surface area contributed by atoms with Crippen molar-refractivity contribution in [1.82, 2.24) is 10.3 Å². The van der Waals surface area contributed by atoms with Crippen molar-refractivity contribution in [3.05, 3.63) is 40.3 Å². The number of aryl methyl sites for hydroxylation is 1. The molecule has 1 aromatic heterocycles. The maximum absolute atomic E-state index is 11.8. The molecule has 0 unspecified atom stereocenters. The van der Waals surface area contributed by atoms with Gasteiger partial charge in [0.2, 0.25) is 5.91 Å². The molecule has 0 aliphatic carbocycles. The molecule has 0 fully saturated rings. The van der Waals surface area contributed by atoms with Crippen molar-refractivity contribution in [2.24, 2.45) is 0 Å². The number of ether oxygens (including phenoxy) is 2. The van der Waals surface area contributed by atoms with E-state index < -0.39 is 0 Å². The van der Waals surface area contributed by atoms with Gasteiger partial charge >= 0.3 is 0 Å². The van der Waals surface area contributed by atoms with E-state index in [9.17, 15) is 4.79 Å². The lowest BCUT2D eigenvalue weighted by Crippen LogP contribution is -2.23. The van der Waals surface area contributed by atoms with E-state index in [2.05, 4.69) is 10.3 Å². The predicted molar refractivity (Wildman–Crippen MR) is 81.8 cm³/mol. The van der Waals surface area contributed by atoms with Crippen LogP contribution in [0.3, 0.4) is 0 Å². The normalized spacial score (nSPS) is 10.2. The van der Waals surface area contributed by atoms with Crippen LogP contribution in [0.1, 0.15) is 17.0 Å². The van der Waals surface area contributed by atoms with E-state index in [1.54, 1.807) is 31.8 Å². The molecule has 2 aromatic rings. The van der Waals surface area contributed by atoms with Gasteiger partial charge in [-0.15, -0.1) is 11.3 Å². The molecule has 0 spiro atoms. The van der Waals surface area contributed by atoms with Crippen molar-refractivity contribution in [1.29, 1.82) is 0 Å². The molecule has 21 heavy (non-hydrogen) atoms. The molecule has 0 bridgehead atoms. The van der Waals surface area contributed by atoms with Gasteiger partial charge in [-0.3, -0.25) is 4.79 Å². The number of thiazole rings is 1. The molecule has 1 aromatic carbocycles. The molecular weight excluding hydrogens is 288 g/mol. The van der Waals surface area contributed by atoms with Gasteiger partial charge in [0.15, 0.2) is 11.5 Å². The molecule has 0 saturated heterocycles. The van der Waals surface area contributed by atoms with E-state index in [0.29, 0.717) is 30.9 Å². The highest BCUT2D eigenvalue weighted by Gasteiger charge is 2.07. The number of methoxy groups -OCH3 is 2. The van der Waals surface area contributed by atoms with Gasteiger partial charge in [0.25, 0.3) is 0 Å². The van der Waals surface area contributed by atoms with E-state index in [1.807, 2.05) is 23.6 Å². The van der Waals surface area contributed by atoms with Gasteiger partial charge in [0.1, 0.15) is 0 Å².